The van der Waals surface area contributed by atoms with E-state index in [-0.39, 0.29) is 35.5 Å². The number of rotatable bonds is 14. The minimum Gasteiger partial charge on any atom is -0.457 e. The summed E-state index contributed by atoms with van der Waals surface area (Å²) in [6.45, 7) is -0.642. The van der Waals surface area contributed by atoms with Gasteiger partial charge in [0.25, 0.3) is 10.0 Å². The van der Waals surface area contributed by atoms with Crippen LogP contribution in [0.15, 0.2) is 144 Å². The molecular weight excluding hydrogens is 666 g/mol. The van der Waals surface area contributed by atoms with Crippen LogP contribution in [0.4, 0.5) is 10.1 Å². The average molecular weight is 706 g/mol. The number of benzene rings is 5. The Labute approximate surface area is 298 Å². The first-order valence-corrected chi connectivity index (χ1v) is 18.5. The molecule has 0 spiro atoms. The molecule has 0 saturated heterocycles. The quantitative estimate of drug-likeness (QED) is 0.129. The van der Waals surface area contributed by atoms with E-state index in [0.717, 1.165) is 35.6 Å². The Morgan fingerprint density at radius 3 is 1.92 bits per heavy atom. The van der Waals surface area contributed by atoms with Crippen molar-refractivity contribution in [2.24, 2.45) is 0 Å². The molecule has 0 radical (unpaired) electrons. The summed E-state index contributed by atoms with van der Waals surface area (Å²) in [5, 5.41) is 3.16. The zero-order valence-corrected chi connectivity index (χ0v) is 28.9. The molecule has 0 heterocycles. The molecule has 5 aromatic carbocycles. The minimum atomic E-state index is -4.26. The van der Waals surface area contributed by atoms with E-state index in [1.54, 1.807) is 54.6 Å². The van der Waals surface area contributed by atoms with Crippen LogP contribution in [0, 0.1) is 5.82 Å². The third kappa shape index (κ3) is 9.20. The second kappa shape index (κ2) is 16.5. The fourth-order valence-corrected chi connectivity index (χ4v) is 7.70. The Morgan fingerprint density at radius 2 is 1.29 bits per heavy atom. The second-order valence-electron chi connectivity index (χ2n) is 12.6. The molecular formula is C41H40FN3O5S. The number of halogens is 1. The van der Waals surface area contributed by atoms with Crippen molar-refractivity contribution in [2.75, 3.05) is 10.8 Å². The van der Waals surface area contributed by atoms with Crippen LogP contribution in [0.25, 0.3) is 0 Å². The number of carbonyl (C=O) groups is 2. The number of ether oxygens (including phenoxy) is 1. The number of sulfonamides is 1. The Morgan fingerprint density at radius 1 is 0.725 bits per heavy atom. The predicted octanol–water partition coefficient (Wildman–Crippen LogP) is 7.51. The summed E-state index contributed by atoms with van der Waals surface area (Å²) in [7, 11) is -4.26. The van der Waals surface area contributed by atoms with Gasteiger partial charge in [0, 0.05) is 19.0 Å². The third-order valence-corrected chi connectivity index (χ3v) is 10.7. The summed E-state index contributed by atoms with van der Waals surface area (Å²) in [5.74, 6) is -0.243. The number of carbonyl (C=O) groups excluding carboxylic acids is 2. The summed E-state index contributed by atoms with van der Waals surface area (Å²) in [6, 6.07) is 37.7. The first kappa shape index (κ1) is 35.3. The van der Waals surface area contributed by atoms with Crippen LogP contribution >= 0.6 is 0 Å². The molecule has 1 aliphatic carbocycles. The van der Waals surface area contributed by atoms with Crippen molar-refractivity contribution in [3.05, 3.63) is 156 Å². The van der Waals surface area contributed by atoms with Crippen molar-refractivity contribution in [1.29, 1.82) is 0 Å². The summed E-state index contributed by atoms with van der Waals surface area (Å²) >= 11 is 0. The molecule has 0 bridgehead atoms. The van der Waals surface area contributed by atoms with Gasteiger partial charge in [-0.2, -0.15) is 0 Å². The number of anilines is 1. The normalized spacial score (nSPS) is 13.7. The summed E-state index contributed by atoms with van der Waals surface area (Å²) in [6.07, 6.45) is 3.91. The maximum absolute atomic E-state index is 14.7. The number of hydrogen-bond donors (Lipinski definition) is 1. The van der Waals surface area contributed by atoms with Crippen molar-refractivity contribution in [3.8, 4) is 11.5 Å². The maximum atomic E-state index is 14.7. The molecule has 8 nitrogen and oxygen atoms in total. The topological polar surface area (TPSA) is 96.0 Å². The van der Waals surface area contributed by atoms with Crippen molar-refractivity contribution in [3.63, 3.8) is 0 Å². The lowest BCUT2D eigenvalue weighted by molar-refractivity contribution is -0.140. The molecule has 1 N–H and O–H groups in total. The van der Waals surface area contributed by atoms with Crippen LogP contribution in [0.1, 0.15) is 36.8 Å². The van der Waals surface area contributed by atoms with Gasteiger partial charge in [-0.15, -0.1) is 0 Å². The Bertz CT molecular complexity index is 1990. The highest BCUT2D eigenvalue weighted by atomic mass is 32.2. The smallest absolute Gasteiger partial charge is 0.264 e. The number of hydrogen-bond acceptors (Lipinski definition) is 5. The summed E-state index contributed by atoms with van der Waals surface area (Å²) in [5.41, 5.74) is 1.67. The second-order valence-corrected chi connectivity index (χ2v) is 14.4. The molecule has 1 fully saturated rings. The van der Waals surface area contributed by atoms with Crippen LogP contribution in [-0.4, -0.2) is 43.8 Å². The SMILES string of the molecule is O=C(NC1CCCC1)[C@@H](Cc1ccccc1)N(Cc1ccc(F)cc1)C(=O)CN(c1ccc(Oc2ccccc2)cc1)S(=O)(=O)c1ccccc1. The van der Waals surface area contributed by atoms with E-state index in [1.807, 2.05) is 60.7 Å². The molecule has 2 amide bonds. The predicted molar refractivity (Wildman–Crippen MR) is 195 cm³/mol. The van der Waals surface area contributed by atoms with Crippen LogP contribution in [0.5, 0.6) is 11.5 Å². The fourth-order valence-electron chi connectivity index (χ4n) is 6.26. The first-order valence-electron chi connectivity index (χ1n) is 17.1. The van der Waals surface area contributed by atoms with Crippen LogP contribution in [-0.2, 0) is 32.6 Å². The van der Waals surface area contributed by atoms with Crippen LogP contribution in [0.3, 0.4) is 0 Å². The zero-order chi connectivity index (χ0) is 35.6. The van der Waals surface area contributed by atoms with Crippen molar-refractivity contribution in [1.82, 2.24) is 10.2 Å². The number of amides is 2. The van der Waals surface area contributed by atoms with Gasteiger partial charge in [-0.25, -0.2) is 12.8 Å². The molecule has 6 rings (SSSR count). The molecule has 51 heavy (non-hydrogen) atoms. The molecule has 5 aromatic rings. The summed E-state index contributed by atoms with van der Waals surface area (Å²) in [4.78, 5) is 30.3. The van der Waals surface area contributed by atoms with Gasteiger partial charge in [-0.05, 0) is 84.6 Å². The van der Waals surface area contributed by atoms with Gasteiger partial charge in [-0.3, -0.25) is 13.9 Å². The van der Waals surface area contributed by atoms with E-state index >= 15 is 0 Å². The summed E-state index contributed by atoms with van der Waals surface area (Å²) < 4.78 is 49.5. The van der Waals surface area contributed by atoms with E-state index in [0.29, 0.717) is 17.1 Å². The lowest BCUT2D eigenvalue weighted by atomic mass is 10.0. The lowest BCUT2D eigenvalue weighted by Gasteiger charge is -2.34. The number of para-hydroxylation sites is 1. The number of nitrogens with one attached hydrogen (secondary N) is 1. The first-order chi connectivity index (χ1) is 24.8. The molecule has 0 unspecified atom stereocenters. The van der Waals surface area contributed by atoms with Crippen molar-refractivity contribution >= 4 is 27.5 Å². The zero-order valence-electron chi connectivity index (χ0n) is 28.1. The Balaban J connectivity index is 1.37. The van der Waals surface area contributed by atoms with Gasteiger partial charge < -0.3 is 15.0 Å². The molecule has 10 heteroatoms. The van der Waals surface area contributed by atoms with Gasteiger partial charge in [0.1, 0.15) is 29.9 Å². The standard InChI is InChI=1S/C41H40FN3O5S/c42-33-22-20-32(21-23-33)29-44(39(28-31-12-4-1-5-13-31)41(47)43-34-14-10-11-15-34)40(46)30-45(51(48,49)38-18-8-3-9-19-38)35-24-26-37(27-25-35)50-36-16-6-2-7-17-36/h1-9,12-13,16-27,34,39H,10-11,14-15,28-30H2,(H,43,47)/t39-/m1/s1. The van der Waals surface area contributed by atoms with Gasteiger partial charge in [0.2, 0.25) is 11.8 Å². The van der Waals surface area contributed by atoms with Gasteiger partial charge in [0.05, 0.1) is 10.6 Å². The van der Waals surface area contributed by atoms with E-state index in [1.165, 1.54) is 29.2 Å². The molecule has 0 aliphatic heterocycles. The third-order valence-electron chi connectivity index (χ3n) is 8.95. The van der Waals surface area contributed by atoms with Crippen molar-refractivity contribution in [2.45, 2.75) is 55.6 Å². The van der Waals surface area contributed by atoms with Crippen LogP contribution in [0.2, 0.25) is 0 Å². The van der Waals surface area contributed by atoms with E-state index in [2.05, 4.69) is 5.32 Å². The lowest BCUT2D eigenvalue weighted by Crippen LogP contribution is -2.54. The van der Waals surface area contributed by atoms with Crippen LogP contribution < -0.4 is 14.4 Å². The van der Waals surface area contributed by atoms with E-state index in [9.17, 15) is 22.4 Å². The number of nitrogens with zero attached hydrogens (tertiary/aromatic N) is 2. The van der Waals surface area contributed by atoms with Gasteiger partial charge in [-0.1, -0.05) is 91.7 Å². The Hall–Kier alpha value is -5.48. The molecule has 1 atom stereocenters. The highest BCUT2D eigenvalue weighted by Gasteiger charge is 2.35. The largest absolute Gasteiger partial charge is 0.457 e. The Kier molecular flexibility index (Phi) is 11.4. The van der Waals surface area contributed by atoms with E-state index < -0.39 is 34.3 Å². The fraction of sp³-hybridized carbons (Fsp3) is 0.220. The van der Waals surface area contributed by atoms with Gasteiger partial charge >= 0.3 is 0 Å². The monoisotopic (exact) mass is 705 g/mol. The van der Waals surface area contributed by atoms with Crippen molar-refractivity contribution < 1.29 is 27.1 Å². The minimum absolute atomic E-state index is 0.00677. The van der Waals surface area contributed by atoms with Gasteiger partial charge in [0.15, 0.2) is 0 Å². The molecule has 1 saturated carbocycles. The molecule has 1 aliphatic rings. The molecule has 262 valence electrons. The average Bonchev–Trinajstić information content (AvgIpc) is 3.67. The maximum Gasteiger partial charge on any atom is 0.264 e. The molecule has 0 aromatic heterocycles. The van der Waals surface area contributed by atoms with E-state index in [4.69, 9.17) is 4.74 Å². The highest BCUT2D eigenvalue weighted by molar-refractivity contribution is 7.92. The highest BCUT2D eigenvalue weighted by Crippen LogP contribution is 2.29.